The van der Waals surface area contributed by atoms with Gasteiger partial charge in [0.1, 0.15) is 0 Å². The molecule has 2 aromatic rings. The molecule has 1 unspecified atom stereocenters. The minimum Gasteiger partial charge on any atom is -0.549 e. The molecule has 0 aliphatic heterocycles. The molecule has 2 nitrogen and oxygen atoms in total. The molecule has 1 atom stereocenters. The average Bonchev–Trinajstić information content (AvgIpc) is 2.82. The van der Waals surface area contributed by atoms with Crippen LogP contribution in [0.1, 0.15) is 23.5 Å². The van der Waals surface area contributed by atoms with Gasteiger partial charge in [0.25, 0.3) is 0 Å². The second-order valence-electron chi connectivity index (χ2n) is 4.69. The molecule has 0 spiro atoms. The predicted molar refractivity (Wildman–Crippen MR) is 67.9 cm³/mol. The maximum Gasteiger partial charge on any atom is 1.00 e. The van der Waals surface area contributed by atoms with E-state index in [9.17, 15) is 9.90 Å². The maximum absolute atomic E-state index is 11.0. The number of fused-ring (bicyclic) bond motifs is 1. The van der Waals surface area contributed by atoms with Crippen LogP contribution in [0.3, 0.4) is 0 Å². The zero-order valence-corrected chi connectivity index (χ0v) is 12.9. The number of carboxylic acid groups (broad SMARTS) is 1. The van der Waals surface area contributed by atoms with Gasteiger partial charge in [0.15, 0.2) is 0 Å². The van der Waals surface area contributed by atoms with Gasteiger partial charge in [-0.05, 0) is 35.1 Å². The van der Waals surface area contributed by atoms with Crippen molar-refractivity contribution in [2.45, 2.75) is 18.8 Å². The topological polar surface area (TPSA) is 40.1 Å². The fourth-order valence-corrected chi connectivity index (χ4v) is 2.67. The summed E-state index contributed by atoms with van der Waals surface area (Å²) in [7, 11) is 0. The van der Waals surface area contributed by atoms with E-state index >= 15 is 0 Å². The first-order valence-corrected chi connectivity index (χ1v) is 6.15. The monoisotopic (exact) mass is 260 g/mol. The number of rotatable bonds is 2. The Morgan fingerprint density at radius 1 is 1.05 bits per heavy atom. The number of carbonyl (C=O) groups excluding carboxylic acids is 1. The van der Waals surface area contributed by atoms with E-state index in [1.54, 1.807) is 0 Å². The quantitative estimate of drug-likeness (QED) is 0.659. The third-order valence-corrected chi connectivity index (χ3v) is 3.61. The van der Waals surface area contributed by atoms with Crippen LogP contribution in [0.5, 0.6) is 0 Å². The molecular weight excluding hydrogens is 247 g/mol. The molecule has 0 aromatic heterocycles. The van der Waals surface area contributed by atoms with Crippen LogP contribution < -0.4 is 34.7 Å². The van der Waals surface area contributed by atoms with E-state index in [-0.39, 0.29) is 29.6 Å². The number of hydrogen-bond acceptors (Lipinski definition) is 2. The molecule has 0 N–H and O–H groups in total. The molecule has 0 bridgehead atoms. The predicted octanol–water partition coefficient (Wildman–Crippen LogP) is -0.863. The summed E-state index contributed by atoms with van der Waals surface area (Å²) in [6.45, 7) is 0. The minimum atomic E-state index is -0.957. The van der Waals surface area contributed by atoms with E-state index in [0.29, 0.717) is 6.42 Å². The number of benzene rings is 2. The van der Waals surface area contributed by atoms with Gasteiger partial charge in [-0.1, -0.05) is 48.5 Å². The zero-order chi connectivity index (χ0) is 12.5. The summed E-state index contributed by atoms with van der Waals surface area (Å²) in [5.74, 6) is -1.38. The summed E-state index contributed by atoms with van der Waals surface area (Å²) >= 11 is 0. The summed E-state index contributed by atoms with van der Waals surface area (Å²) < 4.78 is 0. The van der Waals surface area contributed by atoms with Crippen LogP contribution >= 0.6 is 0 Å². The Labute approximate surface area is 134 Å². The molecule has 0 fully saturated rings. The molecule has 90 valence electrons. The van der Waals surface area contributed by atoms with Gasteiger partial charge in [0, 0.05) is 11.9 Å². The zero-order valence-electron chi connectivity index (χ0n) is 10.9. The largest absolute Gasteiger partial charge is 1.00 e. The first-order chi connectivity index (χ1) is 8.75. The first-order valence-electron chi connectivity index (χ1n) is 6.15. The number of carbonyl (C=O) groups is 1. The molecule has 0 heterocycles. The third-order valence-electron chi connectivity index (χ3n) is 3.61. The van der Waals surface area contributed by atoms with Crippen LogP contribution in [0, 0.1) is 0 Å². The Balaban J connectivity index is 0.00000133. The van der Waals surface area contributed by atoms with Crippen LogP contribution in [0.2, 0.25) is 0 Å². The van der Waals surface area contributed by atoms with Crippen molar-refractivity contribution in [3.8, 4) is 11.1 Å². The summed E-state index contributed by atoms with van der Waals surface area (Å²) in [5, 5.41) is 11.0. The smallest absolute Gasteiger partial charge is 0.549 e. The maximum atomic E-state index is 11.0. The Morgan fingerprint density at radius 2 is 1.79 bits per heavy atom. The third kappa shape index (κ3) is 2.76. The number of carboxylic acids is 1. The van der Waals surface area contributed by atoms with E-state index in [1.807, 2.05) is 30.3 Å². The van der Waals surface area contributed by atoms with Crippen molar-refractivity contribution >= 4 is 5.97 Å². The Kier molecular flexibility index (Phi) is 4.46. The van der Waals surface area contributed by atoms with Gasteiger partial charge in [-0.25, -0.2) is 0 Å². The molecule has 19 heavy (non-hydrogen) atoms. The van der Waals surface area contributed by atoms with Crippen molar-refractivity contribution in [1.29, 1.82) is 0 Å². The molecule has 1 aliphatic carbocycles. The number of aliphatic carboxylic acids is 1. The van der Waals surface area contributed by atoms with E-state index in [2.05, 4.69) is 18.2 Å². The van der Waals surface area contributed by atoms with Gasteiger partial charge in [0.05, 0.1) is 0 Å². The number of aryl methyl sites for hydroxylation is 1. The van der Waals surface area contributed by atoms with E-state index in [0.717, 1.165) is 28.7 Å². The molecule has 0 saturated heterocycles. The van der Waals surface area contributed by atoms with E-state index in [1.165, 1.54) is 0 Å². The van der Waals surface area contributed by atoms with Crippen LogP contribution in [-0.4, -0.2) is 5.97 Å². The van der Waals surface area contributed by atoms with Crippen molar-refractivity contribution in [3.05, 3.63) is 59.7 Å². The Hall–Kier alpha value is -1.09. The van der Waals surface area contributed by atoms with Crippen LogP contribution in [-0.2, 0) is 11.2 Å². The SMILES string of the molecule is O=C([O-])C1CCc2cc(-c3ccccc3)ccc21.[Na+]. The van der Waals surface area contributed by atoms with Gasteiger partial charge in [0.2, 0.25) is 0 Å². The molecule has 0 saturated carbocycles. The Bertz CT molecular complexity index is 593. The van der Waals surface area contributed by atoms with Gasteiger partial charge in [-0.2, -0.15) is 0 Å². The van der Waals surface area contributed by atoms with Crippen molar-refractivity contribution in [2.75, 3.05) is 0 Å². The molecule has 2 aromatic carbocycles. The van der Waals surface area contributed by atoms with Gasteiger partial charge in [-0.15, -0.1) is 0 Å². The summed E-state index contributed by atoms with van der Waals surface area (Å²) in [6, 6.07) is 16.2. The molecular formula is C16H13NaO2. The van der Waals surface area contributed by atoms with Crippen LogP contribution in [0.15, 0.2) is 48.5 Å². The van der Waals surface area contributed by atoms with Crippen molar-refractivity contribution in [2.24, 2.45) is 0 Å². The summed E-state index contributed by atoms with van der Waals surface area (Å²) in [4.78, 5) is 11.0. The van der Waals surface area contributed by atoms with Crippen LogP contribution in [0.4, 0.5) is 0 Å². The second-order valence-corrected chi connectivity index (χ2v) is 4.69. The summed E-state index contributed by atoms with van der Waals surface area (Å²) in [6.07, 6.45) is 1.49. The van der Waals surface area contributed by atoms with Gasteiger partial charge < -0.3 is 9.90 Å². The van der Waals surface area contributed by atoms with Gasteiger partial charge >= 0.3 is 29.6 Å². The van der Waals surface area contributed by atoms with E-state index < -0.39 is 11.9 Å². The fraction of sp³-hybridized carbons (Fsp3) is 0.188. The average molecular weight is 260 g/mol. The number of hydrogen-bond donors (Lipinski definition) is 0. The molecule has 0 radical (unpaired) electrons. The second kappa shape index (κ2) is 5.91. The molecule has 1 aliphatic rings. The first kappa shape index (κ1) is 14.3. The fourth-order valence-electron chi connectivity index (χ4n) is 2.67. The normalized spacial score (nSPS) is 16.5. The minimum absolute atomic E-state index is 0. The van der Waals surface area contributed by atoms with Crippen molar-refractivity contribution in [3.63, 3.8) is 0 Å². The van der Waals surface area contributed by atoms with Crippen molar-refractivity contribution < 1.29 is 39.5 Å². The van der Waals surface area contributed by atoms with Crippen LogP contribution in [0.25, 0.3) is 11.1 Å². The van der Waals surface area contributed by atoms with E-state index in [4.69, 9.17) is 0 Å². The molecule has 0 amide bonds. The van der Waals surface area contributed by atoms with Gasteiger partial charge in [-0.3, -0.25) is 0 Å². The summed E-state index contributed by atoms with van der Waals surface area (Å²) in [5.41, 5.74) is 4.38. The van der Waals surface area contributed by atoms with Crippen molar-refractivity contribution in [1.82, 2.24) is 0 Å². The molecule has 3 heteroatoms. The standard InChI is InChI=1S/C16H14O2.Na/c17-16(18)15-9-7-13-10-12(6-8-14(13)15)11-4-2-1-3-5-11;/h1-6,8,10,15H,7,9H2,(H,17,18);/q;+1/p-1. The Morgan fingerprint density at radius 3 is 2.47 bits per heavy atom. The molecule has 3 rings (SSSR count).